The lowest BCUT2D eigenvalue weighted by Crippen LogP contribution is -2.43. The van der Waals surface area contributed by atoms with Crippen LogP contribution in [0.1, 0.15) is 38.3 Å². The molecular weight excluding hydrogens is 358 g/mol. The highest BCUT2D eigenvalue weighted by atomic mass is 32.1. The van der Waals surface area contributed by atoms with Gasteiger partial charge in [0.25, 0.3) is 5.91 Å². The second-order valence-corrected chi connectivity index (χ2v) is 7.58. The van der Waals surface area contributed by atoms with Gasteiger partial charge in [-0.3, -0.25) is 9.59 Å². The minimum Gasteiger partial charge on any atom is -0.333 e. The molecule has 136 valence electrons. The Morgan fingerprint density at radius 3 is 2.70 bits per heavy atom. The third kappa shape index (κ3) is 3.02. The second kappa shape index (κ2) is 6.96. The molecule has 0 saturated heterocycles. The first kappa shape index (κ1) is 17.4. The average Bonchev–Trinajstić information content (AvgIpc) is 3.20. The van der Waals surface area contributed by atoms with Crippen molar-refractivity contribution < 1.29 is 9.59 Å². The summed E-state index contributed by atoms with van der Waals surface area (Å²) < 4.78 is 0. The summed E-state index contributed by atoms with van der Waals surface area (Å²) in [5.41, 5.74) is 2.22. The Morgan fingerprint density at radius 1 is 1.15 bits per heavy atom. The Morgan fingerprint density at radius 2 is 1.96 bits per heavy atom. The number of amides is 2. The summed E-state index contributed by atoms with van der Waals surface area (Å²) in [6.07, 6.45) is 1.66. The summed E-state index contributed by atoms with van der Waals surface area (Å²) in [6, 6.07) is 14.7. The lowest BCUT2D eigenvalue weighted by molar-refractivity contribution is -0.119. The molecule has 2 amide bonds. The van der Waals surface area contributed by atoms with Gasteiger partial charge in [-0.1, -0.05) is 30.3 Å². The monoisotopic (exact) mass is 377 g/mol. The Balaban J connectivity index is 1.81. The Kier molecular flexibility index (Phi) is 4.49. The van der Waals surface area contributed by atoms with E-state index in [1.54, 1.807) is 35.5 Å². The lowest BCUT2D eigenvalue weighted by Gasteiger charge is -2.39. The Hall–Kier alpha value is -2.99. The van der Waals surface area contributed by atoms with Crippen LogP contribution in [0.15, 0.2) is 60.1 Å². The van der Waals surface area contributed by atoms with Crippen LogP contribution in [-0.4, -0.2) is 28.7 Å². The van der Waals surface area contributed by atoms with Crippen LogP contribution in [0.2, 0.25) is 0 Å². The van der Waals surface area contributed by atoms with Crippen LogP contribution in [-0.2, 0) is 4.79 Å². The maximum atomic E-state index is 13.4. The summed E-state index contributed by atoms with van der Waals surface area (Å²) in [7, 11) is 1.76. The molecule has 0 fully saturated rings. The number of aromatic nitrogens is 1. The number of rotatable bonds is 3. The molecular formula is C21H19N3O2S. The molecule has 0 aliphatic carbocycles. The van der Waals surface area contributed by atoms with Gasteiger partial charge in [-0.05, 0) is 41.6 Å². The largest absolute Gasteiger partial charge is 0.333 e. The van der Waals surface area contributed by atoms with E-state index in [1.807, 2.05) is 54.8 Å². The van der Waals surface area contributed by atoms with Gasteiger partial charge < -0.3 is 10.2 Å². The third-order valence-corrected chi connectivity index (χ3v) is 5.89. The van der Waals surface area contributed by atoms with E-state index in [0.717, 1.165) is 16.0 Å². The van der Waals surface area contributed by atoms with Crippen molar-refractivity contribution in [3.8, 4) is 0 Å². The number of benzene rings is 1. The van der Waals surface area contributed by atoms with Crippen LogP contribution in [0.3, 0.4) is 0 Å². The first-order chi connectivity index (χ1) is 13.1. The molecule has 1 aromatic carbocycles. The second-order valence-electron chi connectivity index (χ2n) is 6.60. The summed E-state index contributed by atoms with van der Waals surface area (Å²) in [5, 5.41) is 4.93. The zero-order chi connectivity index (χ0) is 19.0. The first-order valence-electron chi connectivity index (χ1n) is 8.70. The molecule has 3 heterocycles. The van der Waals surface area contributed by atoms with Gasteiger partial charge >= 0.3 is 0 Å². The highest BCUT2D eigenvalue weighted by molar-refractivity contribution is 7.10. The predicted molar refractivity (Wildman–Crippen MR) is 106 cm³/mol. The van der Waals surface area contributed by atoms with Crippen LogP contribution in [0, 0.1) is 6.92 Å². The molecule has 2 unspecified atom stereocenters. The smallest absolute Gasteiger partial charge is 0.254 e. The molecule has 27 heavy (non-hydrogen) atoms. The molecule has 5 nitrogen and oxygen atoms in total. The normalized spacial score (nSPS) is 18.9. The van der Waals surface area contributed by atoms with E-state index in [4.69, 9.17) is 0 Å². The highest BCUT2D eigenvalue weighted by Crippen LogP contribution is 2.43. The molecule has 3 aromatic rings. The van der Waals surface area contributed by atoms with Crippen LogP contribution in [0.4, 0.5) is 5.82 Å². The van der Waals surface area contributed by atoms with Gasteiger partial charge in [0.2, 0.25) is 5.91 Å². The number of hydrogen-bond acceptors (Lipinski definition) is 4. The van der Waals surface area contributed by atoms with Crippen molar-refractivity contribution in [1.29, 1.82) is 0 Å². The summed E-state index contributed by atoms with van der Waals surface area (Å²) >= 11 is 1.55. The number of nitrogens with zero attached hydrogens (tertiary/aromatic N) is 2. The summed E-state index contributed by atoms with van der Waals surface area (Å²) in [4.78, 5) is 33.2. The number of carbonyl (C=O) groups is 2. The summed E-state index contributed by atoms with van der Waals surface area (Å²) in [5.74, 6) is -0.197. The van der Waals surface area contributed by atoms with Gasteiger partial charge in [-0.15, -0.1) is 11.3 Å². The van der Waals surface area contributed by atoms with E-state index in [2.05, 4.69) is 10.3 Å². The molecule has 1 N–H and O–H groups in total. The van der Waals surface area contributed by atoms with Crippen molar-refractivity contribution in [2.45, 2.75) is 18.9 Å². The molecule has 0 spiro atoms. The molecule has 1 aliphatic heterocycles. The van der Waals surface area contributed by atoms with Crippen LogP contribution >= 0.6 is 11.3 Å². The Bertz CT molecular complexity index is 1000. The molecule has 0 radical (unpaired) electrons. The number of aryl methyl sites for hydroxylation is 1. The topological polar surface area (TPSA) is 62.3 Å². The maximum absolute atomic E-state index is 13.4. The number of nitrogens with one attached hydrogen (secondary N) is 1. The van der Waals surface area contributed by atoms with Gasteiger partial charge in [0.1, 0.15) is 5.82 Å². The number of anilines is 1. The maximum Gasteiger partial charge on any atom is 0.254 e. The van der Waals surface area contributed by atoms with Crippen LogP contribution < -0.4 is 5.32 Å². The minimum absolute atomic E-state index is 0.0675. The first-order valence-corrected chi connectivity index (χ1v) is 9.58. The molecule has 2 atom stereocenters. The fraction of sp³-hybridized carbons (Fsp3) is 0.190. The predicted octanol–water partition coefficient (Wildman–Crippen LogP) is 4.00. The number of fused-ring (bicyclic) bond motifs is 1. The quantitative estimate of drug-likeness (QED) is 0.750. The van der Waals surface area contributed by atoms with Crippen molar-refractivity contribution in [1.82, 2.24) is 9.88 Å². The zero-order valence-corrected chi connectivity index (χ0v) is 15.9. The average molecular weight is 377 g/mol. The van der Waals surface area contributed by atoms with Crippen molar-refractivity contribution >= 4 is 29.0 Å². The van der Waals surface area contributed by atoms with Gasteiger partial charge in [0, 0.05) is 23.7 Å². The van der Waals surface area contributed by atoms with Crippen molar-refractivity contribution in [2.75, 3.05) is 12.4 Å². The number of pyridine rings is 1. The molecule has 2 aromatic heterocycles. The summed E-state index contributed by atoms with van der Waals surface area (Å²) in [6.45, 7) is 1.91. The molecule has 0 saturated carbocycles. The van der Waals surface area contributed by atoms with Gasteiger partial charge in [0.15, 0.2) is 0 Å². The standard InChI is InChI=1S/C21H19N3O2S/c1-13-7-5-11-22-19(13)23-20(25)17-14-8-3-4-9-15(14)21(26)24(2)18(17)16-10-6-12-27-16/h3-12,17-18H,1-2H3,(H,22,23,25). The molecule has 4 rings (SSSR count). The van der Waals surface area contributed by atoms with Gasteiger partial charge in [-0.25, -0.2) is 4.98 Å². The lowest BCUT2D eigenvalue weighted by atomic mass is 9.81. The van der Waals surface area contributed by atoms with Crippen molar-refractivity contribution in [2.24, 2.45) is 0 Å². The van der Waals surface area contributed by atoms with Crippen molar-refractivity contribution in [3.63, 3.8) is 0 Å². The SMILES string of the molecule is Cc1cccnc1NC(=O)C1c2ccccc2C(=O)N(C)C1c1cccs1. The van der Waals surface area contributed by atoms with Crippen molar-refractivity contribution in [3.05, 3.63) is 81.7 Å². The van der Waals surface area contributed by atoms with E-state index in [-0.39, 0.29) is 17.9 Å². The highest BCUT2D eigenvalue weighted by Gasteiger charge is 2.43. The van der Waals surface area contributed by atoms with E-state index in [0.29, 0.717) is 11.4 Å². The fourth-order valence-electron chi connectivity index (χ4n) is 3.58. The Labute approximate surface area is 161 Å². The minimum atomic E-state index is -0.510. The van der Waals surface area contributed by atoms with E-state index >= 15 is 0 Å². The number of carbonyl (C=O) groups excluding carboxylic acids is 2. The van der Waals surface area contributed by atoms with Crippen LogP contribution in [0.5, 0.6) is 0 Å². The molecule has 0 bridgehead atoms. The van der Waals surface area contributed by atoms with E-state index in [9.17, 15) is 9.59 Å². The van der Waals surface area contributed by atoms with Gasteiger partial charge in [0.05, 0.1) is 12.0 Å². The number of thiophene rings is 1. The number of hydrogen-bond donors (Lipinski definition) is 1. The molecule has 6 heteroatoms. The van der Waals surface area contributed by atoms with Crippen LogP contribution in [0.25, 0.3) is 0 Å². The van der Waals surface area contributed by atoms with Gasteiger partial charge in [-0.2, -0.15) is 0 Å². The third-order valence-electron chi connectivity index (χ3n) is 4.95. The number of likely N-dealkylation sites (N-methyl/N-ethyl adjacent to an activating group) is 1. The zero-order valence-electron chi connectivity index (χ0n) is 15.0. The van der Waals surface area contributed by atoms with E-state index < -0.39 is 5.92 Å². The fourth-order valence-corrected chi connectivity index (χ4v) is 4.49. The van der Waals surface area contributed by atoms with E-state index in [1.165, 1.54) is 0 Å². The molecule has 1 aliphatic rings.